The molecule has 42 heavy (non-hydrogen) atoms. The summed E-state index contributed by atoms with van der Waals surface area (Å²) in [5.74, 6) is -2.03. The molecule has 4 aliphatic rings. The van der Waals surface area contributed by atoms with Crippen molar-refractivity contribution in [3.63, 3.8) is 0 Å². The van der Waals surface area contributed by atoms with Crippen molar-refractivity contribution < 1.29 is 24.2 Å². The zero-order valence-corrected chi connectivity index (χ0v) is 25.5. The zero-order valence-electron chi connectivity index (χ0n) is 25.5. The van der Waals surface area contributed by atoms with Gasteiger partial charge in [0, 0.05) is 57.3 Å². The van der Waals surface area contributed by atoms with E-state index in [0.29, 0.717) is 45.4 Å². The summed E-state index contributed by atoms with van der Waals surface area (Å²) in [5, 5.41) is 9.47. The first-order valence-electron chi connectivity index (χ1n) is 15.7. The Morgan fingerprint density at radius 2 is 1.60 bits per heavy atom. The molecule has 1 aromatic carbocycles. The van der Waals surface area contributed by atoms with Gasteiger partial charge in [0.15, 0.2) is 0 Å². The Balaban J connectivity index is 1.58. The molecule has 4 heterocycles. The summed E-state index contributed by atoms with van der Waals surface area (Å²) in [7, 11) is 0. The third-order valence-corrected chi connectivity index (χ3v) is 9.61. The fourth-order valence-corrected chi connectivity index (χ4v) is 7.58. The van der Waals surface area contributed by atoms with Gasteiger partial charge in [-0.05, 0) is 63.8 Å². The maximum Gasteiger partial charge on any atom is 0.253 e. The van der Waals surface area contributed by atoms with Crippen LogP contribution in [0.15, 0.2) is 48.6 Å². The van der Waals surface area contributed by atoms with Crippen molar-refractivity contribution in [1.29, 1.82) is 0 Å². The summed E-state index contributed by atoms with van der Waals surface area (Å²) >= 11 is 0. The number of ether oxygens (including phenoxy) is 1. The summed E-state index contributed by atoms with van der Waals surface area (Å²) in [4.78, 5) is 50.7. The van der Waals surface area contributed by atoms with Gasteiger partial charge < -0.3 is 29.4 Å². The first-order chi connectivity index (χ1) is 20.3. The third kappa shape index (κ3) is 4.74. The minimum Gasteiger partial charge on any atom is -0.396 e. The minimum absolute atomic E-state index is 0.00740. The summed E-state index contributed by atoms with van der Waals surface area (Å²) in [6, 6.07) is 7.08. The number of unbranched alkanes of at least 4 members (excludes halogenated alkanes) is 1. The standard InChI is InChI=1S/C33H46N4O5/c1-5-19-35-20-11-17-32(6-2)26(29(35)39)27-30(40)37(21-9-10-23-38)28-31(41)36(22-12-18-33(27,28)42-32)25-15-13-24(14-16-25)34(7-3)8-4/h11-18,26-28,38H,5-10,19-23H2,1-4H3/t26-,27-,28?,32+,33-/m0/s1. The van der Waals surface area contributed by atoms with E-state index in [0.717, 1.165) is 30.9 Å². The quantitative estimate of drug-likeness (QED) is 0.320. The Morgan fingerprint density at radius 3 is 2.24 bits per heavy atom. The third-order valence-electron chi connectivity index (χ3n) is 9.61. The Bertz CT molecular complexity index is 1230. The first kappa shape index (κ1) is 30.3. The average molecular weight is 579 g/mol. The lowest BCUT2D eigenvalue weighted by Gasteiger charge is -2.38. The van der Waals surface area contributed by atoms with Crippen molar-refractivity contribution in [2.75, 3.05) is 55.7 Å². The SMILES string of the molecule is CCCN1CC=C[C@@]2(CC)O[C@]34C=CCN(c5ccc(N(CC)CC)cc5)C(=O)C3N(CCCCO)C(=O)[C@@H]4[C@H]2C1=O. The van der Waals surface area contributed by atoms with Crippen LogP contribution in [0.4, 0.5) is 11.4 Å². The van der Waals surface area contributed by atoms with E-state index in [1.807, 2.05) is 67.3 Å². The monoisotopic (exact) mass is 578 g/mol. The van der Waals surface area contributed by atoms with Crippen LogP contribution in [-0.4, -0.2) is 95.7 Å². The second-order valence-electron chi connectivity index (χ2n) is 11.8. The second-order valence-corrected chi connectivity index (χ2v) is 11.8. The highest BCUT2D eigenvalue weighted by molar-refractivity contribution is 6.06. The lowest BCUT2D eigenvalue weighted by Crippen LogP contribution is -2.56. The van der Waals surface area contributed by atoms with E-state index in [4.69, 9.17) is 4.74 Å². The van der Waals surface area contributed by atoms with E-state index in [2.05, 4.69) is 18.7 Å². The summed E-state index contributed by atoms with van der Waals surface area (Å²) < 4.78 is 7.03. The molecule has 4 aliphatic heterocycles. The number of rotatable bonds is 11. The fraction of sp³-hybridized carbons (Fsp3) is 0.606. The number of amides is 3. The molecule has 3 amide bonds. The smallest absolute Gasteiger partial charge is 0.253 e. The second kappa shape index (κ2) is 12.2. The number of likely N-dealkylation sites (tertiary alicyclic amines) is 1. The molecule has 0 saturated carbocycles. The van der Waals surface area contributed by atoms with Gasteiger partial charge in [-0.25, -0.2) is 0 Å². The molecule has 1 unspecified atom stereocenters. The largest absolute Gasteiger partial charge is 0.396 e. The molecule has 9 heteroatoms. The van der Waals surface area contributed by atoms with Crippen LogP contribution in [0.25, 0.3) is 0 Å². The van der Waals surface area contributed by atoms with Gasteiger partial charge in [-0.15, -0.1) is 0 Å². The highest BCUT2D eigenvalue weighted by atomic mass is 16.5. The molecule has 0 bridgehead atoms. The van der Waals surface area contributed by atoms with E-state index in [1.54, 1.807) is 9.80 Å². The number of nitrogens with zero attached hydrogens (tertiary/aromatic N) is 4. The zero-order chi connectivity index (χ0) is 30.1. The van der Waals surface area contributed by atoms with Gasteiger partial charge in [0.1, 0.15) is 11.6 Å². The molecule has 5 atom stereocenters. The molecular formula is C33H46N4O5. The van der Waals surface area contributed by atoms with Crippen LogP contribution in [0.5, 0.6) is 0 Å². The molecule has 1 aromatic rings. The van der Waals surface area contributed by atoms with Gasteiger partial charge in [0.2, 0.25) is 11.8 Å². The lowest BCUT2D eigenvalue weighted by molar-refractivity contribution is -0.150. The van der Waals surface area contributed by atoms with Crippen molar-refractivity contribution in [1.82, 2.24) is 9.80 Å². The Labute approximate surface area is 249 Å². The molecular weight excluding hydrogens is 532 g/mol. The van der Waals surface area contributed by atoms with Gasteiger partial charge in [0.25, 0.3) is 5.91 Å². The van der Waals surface area contributed by atoms with E-state index in [1.165, 1.54) is 0 Å². The van der Waals surface area contributed by atoms with Crippen molar-refractivity contribution in [3.05, 3.63) is 48.6 Å². The normalized spacial score (nSPS) is 30.4. The van der Waals surface area contributed by atoms with Crippen molar-refractivity contribution >= 4 is 29.1 Å². The van der Waals surface area contributed by atoms with Gasteiger partial charge in [-0.3, -0.25) is 14.4 Å². The number of carbonyl (C=O) groups excluding carboxylic acids is 3. The number of carbonyl (C=O) groups is 3. The molecule has 228 valence electrons. The first-order valence-corrected chi connectivity index (χ1v) is 15.7. The summed E-state index contributed by atoms with van der Waals surface area (Å²) in [6.45, 7) is 11.8. The van der Waals surface area contributed by atoms with E-state index >= 15 is 0 Å². The predicted molar refractivity (Wildman–Crippen MR) is 163 cm³/mol. The molecule has 2 saturated heterocycles. The lowest BCUT2D eigenvalue weighted by atomic mass is 9.73. The Hall–Kier alpha value is -3.17. The molecule has 0 aliphatic carbocycles. The molecule has 1 N–H and O–H groups in total. The molecule has 0 aromatic heterocycles. The van der Waals surface area contributed by atoms with E-state index < -0.39 is 29.1 Å². The number of anilines is 2. The molecule has 2 fully saturated rings. The van der Waals surface area contributed by atoms with Crippen LogP contribution >= 0.6 is 0 Å². The number of hydrogen-bond donors (Lipinski definition) is 1. The van der Waals surface area contributed by atoms with Crippen LogP contribution in [0.1, 0.15) is 53.4 Å². The van der Waals surface area contributed by atoms with Gasteiger partial charge >= 0.3 is 0 Å². The Kier molecular flexibility index (Phi) is 8.81. The minimum atomic E-state index is -1.26. The number of benzene rings is 1. The van der Waals surface area contributed by atoms with E-state index in [9.17, 15) is 19.5 Å². The van der Waals surface area contributed by atoms with Crippen molar-refractivity contribution in [2.45, 2.75) is 70.6 Å². The molecule has 9 nitrogen and oxygen atoms in total. The maximum atomic E-state index is 14.6. The highest BCUT2D eigenvalue weighted by Gasteiger charge is 2.75. The van der Waals surface area contributed by atoms with Crippen LogP contribution in [0.2, 0.25) is 0 Å². The average Bonchev–Trinajstić information content (AvgIpc) is 3.28. The fourth-order valence-electron chi connectivity index (χ4n) is 7.58. The molecule has 1 spiro atoms. The summed E-state index contributed by atoms with van der Waals surface area (Å²) in [6.07, 6.45) is 10.2. The van der Waals surface area contributed by atoms with Gasteiger partial charge in [0.05, 0.1) is 17.4 Å². The number of aliphatic hydroxyl groups excluding tert-OH is 1. The molecule has 5 rings (SSSR count). The van der Waals surface area contributed by atoms with Crippen LogP contribution in [0, 0.1) is 11.8 Å². The van der Waals surface area contributed by atoms with E-state index in [-0.39, 0.29) is 24.3 Å². The van der Waals surface area contributed by atoms with Crippen molar-refractivity contribution in [2.24, 2.45) is 11.8 Å². The van der Waals surface area contributed by atoms with Gasteiger partial charge in [-0.2, -0.15) is 0 Å². The number of fused-ring (bicyclic) bond motifs is 2. The number of hydrogen-bond acceptors (Lipinski definition) is 6. The van der Waals surface area contributed by atoms with Crippen LogP contribution in [-0.2, 0) is 19.1 Å². The van der Waals surface area contributed by atoms with Crippen LogP contribution < -0.4 is 9.80 Å². The summed E-state index contributed by atoms with van der Waals surface area (Å²) in [5.41, 5.74) is -0.392. The van der Waals surface area contributed by atoms with Crippen LogP contribution in [0.3, 0.4) is 0 Å². The van der Waals surface area contributed by atoms with Crippen molar-refractivity contribution in [3.8, 4) is 0 Å². The Morgan fingerprint density at radius 1 is 0.881 bits per heavy atom. The highest BCUT2D eigenvalue weighted by Crippen LogP contribution is 2.58. The maximum absolute atomic E-state index is 14.6. The number of aliphatic hydroxyl groups is 1. The molecule has 0 radical (unpaired) electrons. The topological polar surface area (TPSA) is 93.6 Å². The predicted octanol–water partition coefficient (Wildman–Crippen LogP) is 3.38. The van der Waals surface area contributed by atoms with Gasteiger partial charge in [-0.1, -0.05) is 38.2 Å².